The number of hydrogen-bond donors (Lipinski definition) is 3. The van der Waals surface area contributed by atoms with Crippen LogP contribution in [0, 0.1) is 0 Å². The highest BCUT2D eigenvalue weighted by atomic mass is 35.5. The van der Waals surface area contributed by atoms with Crippen molar-refractivity contribution in [2.45, 2.75) is 19.8 Å². The summed E-state index contributed by atoms with van der Waals surface area (Å²) < 4.78 is 14.6. The zero-order valence-electron chi connectivity index (χ0n) is 15.7. The molecule has 0 fully saturated rings. The first-order chi connectivity index (χ1) is 13.6. The van der Waals surface area contributed by atoms with Crippen molar-refractivity contribution in [3.05, 3.63) is 60.8 Å². The molecule has 0 spiro atoms. The largest absolute Gasteiger partial charge is 0.493 e. The van der Waals surface area contributed by atoms with Crippen LogP contribution in [0.1, 0.15) is 26.7 Å². The molecular weight excluding hydrogens is 409 g/mol. The van der Waals surface area contributed by atoms with Gasteiger partial charge in [0.2, 0.25) is 11.7 Å². The zero-order chi connectivity index (χ0) is 21.5. The van der Waals surface area contributed by atoms with Gasteiger partial charge in [0, 0.05) is 5.56 Å². The SMILES string of the molecule is [2H]c1c(-n2nc(N)c(=O)[nH]c2=O)cc(Cl)c(Oc2cnc(O)c(C(C)C)c2)c1Cl. The Morgan fingerprint density at radius 2 is 2.04 bits per heavy atom. The molecule has 28 heavy (non-hydrogen) atoms. The number of aromatic nitrogens is 4. The second-order valence-electron chi connectivity index (χ2n) is 6.04. The summed E-state index contributed by atoms with van der Waals surface area (Å²) in [4.78, 5) is 29.3. The maximum absolute atomic E-state index is 12.0. The van der Waals surface area contributed by atoms with Crippen LogP contribution in [0.5, 0.6) is 17.4 Å². The number of ether oxygens (including phenoxy) is 1. The lowest BCUT2D eigenvalue weighted by Gasteiger charge is -2.14. The quantitative estimate of drug-likeness (QED) is 0.585. The molecule has 0 aliphatic rings. The molecule has 11 heteroatoms. The van der Waals surface area contributed by atoms with E-state index in [9.17, 15) is 14.7 Å². The van der Waals surface area contributed by atoms with Gasteiger partial charge in [0.15, 0.2) is 5.75 Å². The van der Waals surface area contributed by atoms with Crippen molar-refractivity contribution in [2.75, 3.05) is 5.73 Å². The highest BCUT2D eigenvalue weighted by Gasteiger charge is 2.16. The molecule has 0 bridgehead atoms. The van der Waals surface area contributed by atoms with Crippen LogP contribution in [-0.4, -0.2) is 24.9 Å². The fraction of sp³-hybridized carbons (Fsp3) is 0.176. The minimum absolute atomic E-state index is 0.0187. The summed E-state index contributed by atoms with van der Waals surface area (Å²) in [5, 5.41) is 13.3. The number of hydrogen-bond acceptors (Lipinski definition) is 7. The third-order valence-electron chi connectivity index (χ3n) is 3.71. The molecule has 2 aromatic heterocycles. The third kappa shape index (κ3) is 3.80. The van der Waals surface area contributed by atoms with Gasteiger partial charge in [-0.2, -0.15) is 4.68 Å². The van der Waals surface area contributed by atoms with Crippen LogP contribution in [-0.2, 0) is 0 Å². The van der Waals surface area contributed by atoms with Crippen molar-refractivity contribution >= 4 is 29.0 Å². The fourth-order valence-electron chi connectivity index (χ4n) is 2.33. The fourth-order valence-corrected chi connectivity index (χ4v) is 2.85. The summed E-state index contributed by atoms with van der Waals surface area (Å²) in [5.74, 6) is -0.411. The molecule has 1 aromatic carbocycles. The van der Waals surface area contributed by atoms with E-state index in [1.54, 1.807) is 6.07 Å². The van der Waals surface area contributed by atoms with Gasteiger partial charge in [-0.25, -0.2) is 9.78 Å². The Labute approximate surface area is 169 Å². The average molecular weight is 425 g/mol. The average Bonchev–Trinajstić information content (AvgIpc) is 2.66. The van der Waals surface area contributed by atoms with Gasteiger partial charge in [-0.3, -0.25) is 9.78 Å². The van der Waals surface area contributed by atoms with E-state index in [1.165, 1.54) is 12.3 Å². The predicted molar refractivity (Wildman–Crippen MR) is 105 cm³/mol. The van der Waals surface area contributed by atoms with Gasteiger partial charge in [-0.15, -0.1) is 5.10 Å². The van der Waals surface area contributed by atoms with Crippen LogP contribution in [0.3, 0.4) is 0 Å². The van der Waals surface area contributed by atoms with Crippen LogP contribution in [0.25, 0.3) is 5.69 Å². The number of nitrogen functional groups attached to an aromatic ring is 1. The minimum atomic E-state index is -0.914. The Kier molecular flexibility index (Phi) is 4.93. The molecule has 3 rings (SSSR count). The van der Waals surface area contributed by atoms with E-state index in [2.05, 4.69) is 10.1 Å². The highest BCUT2D eigenvalue weighted by Crippen LogP contribution is 2.39. The first kappa shape index (κ1) is 18.3. The number of halogens is 2. The summed E-state index contributed by atoms with van der Waals surface area (Å²) in [6.07, 6.45) is 1.28. The molecule has 0 atom stereocenters. The van der Waals surface area contributed by atoms with E-state index >= 15 is 0 Å². The Hall–Kier alpha value is -3.04. The predicted octanol–water partition coefficient (Wildman–Crippen LogP) is 2.83. The Morgan fingerprint density at radius 3 is 2.71 bits per heavy atom. The Morgan fingerprint density at radius 1 is 1.32 bits per heavy atom. The van der Waals surface area contributed by atoms with Crippen LogP contribution >= 0.6 is 23.2 Å². The van der Waals surface area contributed by atoms with Crippen LogP contribution < -0.4 is 21.7 Å². The number of nitrogens with zero attached hydrogens (tertiary/aromatic N) is 3. The summed E-state index contributed by atoms with van der Waals surface area (Å²) in [6, 6.07) is 2.48. The molecule has 0 aliphatic carbocycles. The topological polar surface area (TPSA) is 136 Å². The maximum Gasteiger partial charge on any atom is 0.349 e. The molecule has 0 aliphatic heterocycles. The second kappa shape index (κ2) is 7.53. The van der Waals surface area contributed by atoms with E-state index in [1.807, 2.05) is 18.8 Å². The summed E-state index contributed by atoms with van der Waals surface area (Å²) >= 11 is 12.5. The monoisotopic (exact) mass is 424 g/mol. The van der Waals surface area contributed by atoms with E-state index in [0.717, 1.165) is 0 Å². The van der Waals surface area contributed by atoms with Crippen LogP contribution in [0.4, 0.5) is 5.82 Å². The van der Waals surface area contributed by atoms with E-state index < -0.39 is 17.1 Å². The number of nitrogens with two attached hydrogens (primary N) is 1. The number of rotatable bonds is 4. The maximum atomic E-state index is 12.0. The smallest absolute Gasteiger partial charge is 0.349 e. The van der Waals surface area contributed by atoms with E-state index in [0.29, 0.717) is 10.2 Å². The first-order valence-electron chi connectivity index (χ1n) is 8.45. The van der Waals surface area contributed by atoms with Gasteiger partial charge in [-0.05, 0) is 24.1 Å². The third-order valence-corrected chi connectivity index (χ3v) is 4.26. The van der Waals surface area contributed by atoms with Gasteiger partial charge >= 0.3 is 5.69 Å². The molecule has 3 aromatic rings. The lowest BCUT2D eigenvalue weighted by Crippen LogP contribution is -2.33. The molecule has 2 heterocycles. The molecular formula is C17H15Cl2N5O4. The van der Waals surface area contributed by atoms with Gasteiger partial charge in [-0.1, -0.05) is 37.0 Å². The zero-order valence-corrected chi connectivity index (χ0v) is 16.2. The molecule has 9 nitrogen and oxygen atoms in total. The summed E-state index contributed by atoms with van der Waals surface area (Å²) in [5.41, 5.74) is 4.12. The first-order valence-corrected chi connectivity index (χ1v) is 8.70. The standard InChI is InChI=1S/C17H15Cl2N5O4/c1-7(2)10-5-9(6-21-15(10)25)28-13-11(18)3-8(4-12(13)19)24-17(27)22-16(26)14(20)23-24/h3-7H,1-2H3,(H2,20,23)(H,21,25)(H,22,26,27)/i3D. The lowest BCUT2D eigenvalue weighted by atomic mass is 10.1. The van der Waals surface area contributed by atoms with Crippen molar-refractivity contribution in [3.63, 3.8) is 0 Å². The van der Waals surface area contributed by atoms with Crippen molar-refractivity contribution < 1.29 is 11.2 Å². The number of benzene rings is 1. The van der Waals surface area contributed by atoms with Crippen molar-refractivity contribution in [1.82, 2.24) is 19.7 Å². The van der Waals surface area contributed by atoms with Crippen molar-refractivity contribution in [1.29, 1.82) is 0 Å². The number of aromatic amines is 1. The van der Waals surface area contributed by atoms with Gasteiger partial charge in [0.05, 0.1) is 23.3 Å². The summed E-state index contributed by atoms with van der Waals surface area (Å²) in [6.45, 7) is 3.75. The van der Waals surface area contributed by atoms with Crippen LogP contribution in [0.2, 0.25) is 10.0 Å². The molecule has 0 saturated heterocycles. The molecule has 0 amide bonds. The molecule has 0 radical (unpaired) electrons. The van der Waals surface area contributed by atoms with Gasteiger partial charge in [0.25, 0.3) is 5.56 Å². The number of anilines is 1. The Balaban J connectivity index is 2.10. The van der Waals surface area contributed by atoms with Gasteiger partial charge in [0.1, 0.15) is 5.75 Å². The number of nitrogens with one attached hydrogen (secondary N) is 1. The molecule has 4 N–H and O–H groups in total. The Bertz CT molecular complexity index is 1230. The van der Waals surface area contributed by atoms with Crippen molar-refractivity contribution in [3.8, 4) is 23.1 Å². The van der Waals surface area contributed by atoms with Crippen LogP contribution in [0.15, 0.2) is 34.0 Å². The summed E-state index contributed by atoms with van der Waals surface area (Å²) in [7, 11) is 0. The van der Waals surface area contributed by atoms with Crippen molar-refractivity contribution in [2.24, 2.45) is 0 Å². The highest BCUT2D eigenvalue weighted by molar-refractivity contribution is 6.37. The minimum Gasteiger partial charge on any atom is -0.493 e. The lowest BCUT2D eigenvalue weighted by molar-refractivity contribution is 0.433. The molecule has 146 valence electrons. The van der Waals surface area contributed by atoms with Gasteiger partial charge < -0.3 is 15.6 Å². The number of aromatic hydroxyl groups is 1. The normalized spacial score (nSPS) is 11.5. The number of pyridine rings is 1. The van der Waals surface area contributed by atoms with E-state index in [-0.39, 0.29) is 45.1 Å². The molecule has 0 unspecified atom stereocenters. The second-order valence-corrected chi connectivity index (χ2v) is 6.83. The number of H-pyrrole nitrogens is 1. The van der Waals surface area contributed by atoms with E-state index in [4.69, 9.17) is 35.0 Å². The molecule has 0 saturated carbocycles.